The molecule has 0 bridgehead atoms. The van der Waals surface area contributed by atoms with Crippen LogP contribution in [-0.2, 0) is 14.3 Å². The number of imide groups is 1. The molecule has 0 radical (unpaired) electrons. The second kappa shape index (κ2) is 9.66. The summed E-state index contributed by atoms with van der Waals surface area (Å²) in [6.45, 7) is 4.43. The molecule has 0 unspecified atom stereocenters. The zero-order valence-corrected chi connectivity index (χ0v) is 17.9. The number of thioether (sulfide) groups is 1. The average molecular weight is 430 g/mol. The summed E-state index contributed by atoms with van der Waals surface area (Å²) in [5, 5.41) is -0.376. The Morgan fingerprint density at radius 1 is 0.967 bits per heavy atom. The van der Waals surface area contributed by atoms with Crippen molar-refractivity contribution < 1.29 is 19.1 Å². The van der Waals surface area contributed by atoms with Crippen LogP contribution in [0.5, 0.6) is 0 Å². The van der Waals surface area contributed by atoms with Crippen LogP contribution in [0.4, 0.5) is 10.5 Å². The van der Waals surface area contributed by atoms with E-state index in [0.29, 0.717) is 18.0 Å². The summed E-state index contributed by atoms with van der Waals surface area (Å²) in [6, 6.07) is 7.93. The molecule has 30 heavy (non-hydrogen) atoms. The second-order valence-electron chi connectivity index (χ2n) is 7.75. The minimum Gasteiger partial charge on any atom is -0.378 e. The minimum atomic E-state index is -0.384. The van der Waals surface area contributed by atoms with Gasteiger partial charge in [0.1, 0.15) is 6.54 Å². The predicted molar refractivity (Wildman–Crippen MR) is 117 cm³/mol. The van der Waals surface area contributed by atoms with Crippen LogP contribution in [0.2, 0.25) is 0 Å². The predicted octanol–water partition coefficient (Wildman–Crippen LogP) is 2.96. The van der Waals surface area contributed by atoms with Gasteiger partial charge < -0.3 is 14.5 Å². The highest BCUT2D eigenvalue weighted by Gasteiger charge is 2.37. The van der Waals surface area contributed by atoms with E-state index in [9.17, 15) is 14.4 Å². The molecule has 0 atom stereocenters. The van der Waals surface area contributed by atoms with E-state index in [4.69, 9.17) is 4.74 Å². The fraction of sp³-hybridized carbons (Fsp3) is 0.500. The van der Waals surface area contributed by atoms with Crippen molar-refractivity contribution in [2.24, 2.45) is 0 Å². The van der Waals surface area contributed by atoms with Gasteiger partial charge in [-0.3, -0.25) is 19.3 Å². The number of benzene rings is 1. The van der Waals surface area contributed by atoms with E-state index in [0.717, 1.165) is 79.9 Å². The smallest absolute Gasteiger partial charge is 0.294 e. The van der Waals surface area contributed by atoms with Gasteiger partial charge in [-0.05, 0) is 48.4 Å². The average Bonchev–Trinajstić information content (AvgIpc) is 2.97. The first-order valence-electron chi connectivity index (χ1n) is 10.6. The van der Waals surface area contributed by atoms with E-state index in [1.807, 2.05) is 24.3 Å². The molecule has 3 saturated heterocycles. The molecule has 0 spiro atoms. The van der Waals surface area contributed by atoms with Crippen molar-refractivity contribution in [2.75, 3.05) is 50.8 Å². The molecular weight excluding hydrogens is 402 g/mol. The van der Waals surface area contributed by atoms with E-state index in [1.165, 1.54) is 0 Å². The number of rotatable bonds is 4. The first-order valence-corrected chi connectivity index (χ1v) is 11.4. The molecule has 0 aliphatic carbocycles. The first kappa shape index (κ1) is 20.9. The Kier molecular flexibility index (Phi) is 6.74. The molecule has 8 heteroatoms. The molecule has 7 nitrogen and oxygen atoms in total. The van der Waals surface area contributed by atoms with Crippen molar-refractivity contribution in [3.63, 3.8) is 0 Å². The van der Waals surface area contributed by atoms with E-state index >= 15 is 0 Å². The Bertz CT molecular complexity index is 825. The van der Waals surface area contributed by atoms with Crippen LogP contribution < -0.4 is 4.90 Å². The SMILES string of the molecule is O=C(CN1C(=O)S/C(=C\c2ccc(N3CCOCC3)cc2)C1=O)N1CCCCCC1. The van der Waals surface area contributed by atoms with Crippen molar-refractivity contribution in [3.8, 4) is 0 Å². The topological polar surface area (TPSA) is 70.2 Å². The van der Waals surface area contributed by atoms with E-state index < -0.39 is 0 Å². The van der Waals surface area contributed by atoms with Gasteiger partial charge in [-0.25, -0.2) is 0 Å². The maximum atomic E-state index is 12.7. The molecule has 0 saturated carbocycles. The normalized spacial score (nSPS) is 22.0. The monoisotopic (exact) mass is 429 g/mol. The van der Waals surface area contributed by atoms with E-state index in [2.05, 4.69) is 4.90 Å². The van der Waals surface area contributed by atoms with Crippen LogP contribution in [0.25, 0.3) is 6.08 Å². The Labute approximate surface area is 181 Å². The van der Waals surface area contributed by atoms with Crippen LogP contribution in [0, 0.1) is 0 Å². The molecule has 160 valence electrons. The number of ether oxygens (including phenoxy) is 1. The standard InChI is InChI=1S/C22H27N3O4S/c26-20(24-9-3-1-2-4-10-24)16-25-21(27)19(30-22(25)28)15-17-5-7-18(8-6-17)23-11-13-29-14-12-23/h5-8,15H,1-4,9-14,16H2/b19-15-. The van der Waals surface area contributed by atoms with Crippen LogP contribution in [0.1, 0.15) is 31.2 Å². The van der Waals surface area contributed by atoms with Gasteiger partial charge in [0.15, 0.2) is 0 Å². The van der Waals surface area contributed by atoms with Gasteiger partial charge in [0, 0.05) is 31.9 Å². The summed E-state index contributed by atoms with van der Waals surface area (Å²) < 4.78 is 5.38. The lowest BCUT2D eigenvalue weighted by atomic mass is 10.1. The summed E-state index contributed by atoms with van der Waals surface area (Å²) in [7, 11) is 0. The Morgan fingerprint density at radius 2 is 1.63 bits per heavy atom. The van der Waals surface area contributed by atoms with Crippen molar-refractivity contribution in [3.05, 3.63) is 34.7 Å². The maximum absolute atomic E-state index is 12.7. The van der Waals surface area contributed by atoms with Crippen LogP contribution >= 0.6 is 11.8 Å². The van der Waals surface area contributed by atoms with Gasteiger partial charge in [0.05, 0.1) is 18.1 Å². The summed E-state index contributed by atoms with van der Waals surface area (Å²) in [5.74, 6) is -0.527. The number of hydrogen-bond acceptors (Lipinski definition) is 6. The Morgan fingerprint density at radius 3 is 2.30 bits per heavy atom. The second-order valence-corrected chi connectivity index (χ2v) is 8.75. The first-order chi connectivity index (χ1) is 14.6. The van der Waals surface area contributed by atoms with Crippen LogP contribution in [-0.4, -0.2) is 72.8 Å². The minimum absolute atomic E-state index is 0.143. The molecule has 3 amide bonds. The number of hydrogen-bond donors (Lipinski definition) is 0. The summed E-state index contributed by atoms with van der Waals surface area (Å²) >= 11 is 0.903. The number of nitrogens with zero attached hydrogens (tertiary/aromatic N) is 3. The summed E-state index contributed by atoms with van der Waals surface area (Å²) in [4.78, 5) is 43.2. The highest BCUT2D eigenvalue weighted by atomic mass is 32.2. The van der Waals surface area contributed by atoms with Crippen LogP contribution in [0.3, 0.4) is 0 Å². The number of carbonyl (C=O) groups excluding carboxylic acids is 3. The lowest BCUT2D eigenvalue weighted by molar-refractivity contribution is -0.135. The van der Waals surface area contributed by atoms with Gasteiger partial charge in [-0.2, -0.15) is 0 Å². The van der Waals surface area contributed by atoms with Gasteiger partial charge >= 0.3 is 0 Å². The Balaban J connectivity index is 1.40. The molecule has 3 fully saturated rings. The van der Waals surface area contributed by atoms with Crippen molar-refractivity contribution in [2.45, 2.75) is 25.7 Å². The zero-order chi connectivity index (χ0) is 20.9. The van der Waals surface area contributed by atoms with Crippen molar-refractivity contribution >= 4 is 40.6 Å². The van der Waals surface area contributed by atoms with E-state index in [-0.39, 0.29) is 23.6 Å². The lowest BCUT2D eigenvalue weighted by Crippen LogP contribution is -2.42. The van der Waals surface area contributed by atoms with Gasteiger partial charge in [-0.15, -0.1) is 0 Å². The quantitative estimate of drug-likeness (QED) is 0.686. The molecule has 1 aromatic rings. The van der Waals surface area contributed by atoms with E-state index in [1.54, 1.807) is 11.0 Å². The highest BCUT2D eigenvalue weighted by Crippen LogP contribution is 2.32. The fourth-order valence-corrected chi connectivity index (χ4v) is 4.78. The summed E-state index contributed by atoms with van der Waals surface area (Å²) in [5.41, 5.74) is 1.97. The van der Waals surface area contributed by atoms with Gasteiger partial charge in [0.25, 0.3) is 11.1 Å². The number of likely N-dealkylation sites (tertiary alicyclic amines) is 1. The van der Waals surface area contributed by atoms with Gasteiger partial charge in [0.2, 0.25) is 5.91 Å². The number of morpholine rings is 1. The maximum Gasteiger partial charge on any atom is 0.294 e. The number of carbonyl (C=O) groups is 3. The fourth-order valence-electron chi connectivity index (χ4n) is 3.95. The molecule has 4 rings (SSSR count). The molecule has 0 aromatic heterocycles. The van der Waals surface area contributed by atoms with Crippen molar-refractivity contribution in [1.29, 1.82) is 0 Å². The molecule has 0 N–H and O–H groups in total. The Hall–Kier alpha value is -2.32. The molecule has 3 aliphatic heterocycles. The third-order valence-electron chi connectivity index (χ3n) is 5.69. The largest absolute Gasteiger partial charge is 0.378 e. The third-order valence-corrected chi connectivity index (χ3v) is 6.60. The number of amides is 3. The molecular formula is C22H27N3O4S. The lowest BCUT2D eigenvalue weighted by Gasteiger charge is -2.28. The zero-order valence-electron chi connectivity index (χ0n) is 17.0. The van der Waals surface area contributed by atoms with Crippen LogP contribution in [0.15, 0.2) is 29.2 Å². The van der Waals surface area contributed by atoms with Gasteiger partial charge in [-0.1, -0.05) is 25.0 Å². The molecule has 1 aromatic carbocycles. The molecule has 3 aliphatic rings. The molecule has 3 heterocycles. The highest BCUT2D eigenvalue weighted by molar-refractivity contribution is 8.18. The number of anilines is 1. The summed E-state index contributed by atoms with van der Waals surface area (Å²) in [6.07, 6.45) is 5.93. The third kappa shape index (κ3) is 4.87. The van der Waals surface area contributed by atoms with Crippen molar-refractivity contribution in [1.82, 2.24) is 9.80 Å².